The maximum atomic E-state index is 13.7. The van der Waals surface area contributed by atoms with Gasteiger partial charge in [-0.15, -0.1) is 0 Å². The van der Waals surface area contributed by atoms with E-state index < -0.39 is 12.6 Å². The molecule has 1 aliphatic carbocycles. The molecule has 0 bridgehead atoms. The molecule has 1 saturated heterocycles. The molecule has 1 saturated carbocycles. The number of carbonyl (C=O) groups is 2. The molecule has 8 heteroatoms. The second kappa shape index (κ2) is 9.47. The molecule has 1 unspecified atom stereocenters. The number of anilines is 1. The molecule has 2 N–H and O–H groups in total. The minimum atomic E-state index is -1.04. The lowest BCUT2D eigenvalue weighted by Crippen LogP contribution is -2.32. The molecule has 1 aromatic heterocycles. The van der Waals surface area contributed by atoms with Gasteiger partial charge in [-0.05, 0) is 56.2 Å². The minimum absolute atomic E-state index is 0.0802. The number of fused-ring (bicyclic) bond motifs is 1. The van der Waals surface area contributed by atoms with Crippen molar-refractivity contribution in [3.05, 3.63) is 52.3 Å². The first-order valence-electron chi connectivity index (χ1n) is 13.2. The van der Waals surface area contributed by atoms with Gasteiger partial charge in [-0.1, -0.05) is 26.8 Å². The molecule has 0 amide bonds. The topological polar surface area (TPSA) is 107 Å². The van der Waals surface area contributed by atoms with Crippen LogP contribution in [0.2, 0.25) is 0 Å². The first-order chi connectivity index (χ1) is 17.5. The smallest absolute Gasteiger partial charge is 0.341 e. The predicted octanol–water partition coefficient (Wildman–Crippen LogP) is 4.73. The normalized spacial score (nSPS) is 19.4. The molecule has 2 aromatic rings. The summed E-state index contributed by atoms with van der Waals surface area (Å²) < 4.78 is 5.87. The van der Waals surface area contributed by atoms with Gasteiger partial charge < -0.3 is 19.6 Å². The fourth-order valence-corrected chi connectivity index (χ4v) is 5.40. The quantitative estimate of drug-likeness (QED) is 0.501. The summed E-state index contributed by atoms with van der Waals surface area (Å²) in [5, 5.41) is 18.0. The zero-order valence-electron chi connectivity index (χ0n) is 22.1. The zero-order chi connectivity index (χ0) is 26.5. The van der Waals surface area contributed by atoms with Crippen LogP contribution in [-0.4, -0.2) is 58.3 Å². The highest BCUT2D eigenvalue weighted by atomic mass is 16.5. The number of pyridine rings is 1. The van der Waals surface area contributed by atoms with E-state index >= 15 is 0 Å². The highest BCUT2D eigenvalue weighted by Crippen LogP contribution is 2.43. The summed E-state index contributed by atoms with van der Waals surface area (Å²) in [5.41, 5.74) is 4.49. The predicted molar refractivity (Wildman–Crippen MR) is 142 cm³/mol. The van der Waals surface area contributed by atoms with Crippen molar-refractivity contribution in [3.8, 4) is 5.75 Å². The van der Waals surface area contributed by atoms with Gasteiger partial charge in [0.05, 0.1) is 12.2 Å². The molecule has 0 radical (unpaired) electrons. The van der Waals surface area contributed by atoms with Crippen molar-refractivity contribution >= 4 is 23.3 Å². The van der Waals surface area contributed by atoms with Crippen molar-refractivity contribution in [2.45, 2.75) is 77.3 Å². The third kappa shape index (κ3) is 5.06. The van der Waals surface area contributed by atoms with Gasteiger partial charge >= 0.3 is 5.97 Å². The summed E-state index contributed by atoms with van der Waals surface area (Å²) >= 11 is 0. The van der Waals surface area contributed by atoms with Crippen LogP contribution in [0.15, 0.2) is 24.3 Å². The highest BCUT2D eigenvalue weighted by molar-refractivity contribution is 6.05. The number of Topliss-reactive ketones (excluding diaryl/α,β-unsaturated/α-hetero) is 1. The number of nitrogens with zero attached hydrogens (tertiary/aromatic N) is 3. The Morgan fingerprint density at radius 1 is 1.19 bits per heavy atom. The van der Waals surface area contributed by atoms with Gasteiger partial charge in [0.25, 0.3) is 0 Å². The lowest BCUT2D eigenvalue weighted by atomic mass is 9.84. The molecule has 2 fully saturated rings. The number of carboxylic acid groups (broad SMARTS) is 1. The maximum Gasteiger partial charge on any atom is 0.341 e. The lowest BCUT2D eigenvalue weighted by molar-refractivity contribution is -0.139. The van der Waals surface area contributed by atoms with Gasteiger partial charge in [0.1, 0.15) is 17.3 Å². The zero-order valence-corrected chi connectivity index (χ0v) is 22.1. The van der Waals surface area contributed by atoms with Crippen LogP contribution >= 0.6 is 0 Å². The third-order valence-corrected chi connectivity index (χ3v) is 7.63. The van der Waals surface area contributed by atoms with E-state index in [1.54, 1.807) is 4.90 Å². The van der Waals surface area contributed by atoms with Crippen LogP contribution in [0, 0.1) is 5.41 Å². The molecule has 3 heterocycles. The van der Waals surface area contributed by atoms with Crippen LogP contribution in [0.4, 0.5) is 5.69 Å². The first kappa shape index (κ1) is 25.2. The SMILES string of the molecule is CC1CCCN1c1cc(C(=O)CN2Cc3ccc(C4CC4)nc3C2=N)cc(C(C)(C)C)c1OCC(=O)O. The highest BCUT2D eigenvalue weighted by Gasteiger charge is 2.33. The Morgan fingerprint density at radius 2 is 1.95 bits per heavy atom. The Morgan fingerprint density at radius 3 is 2.57 bits per heavy atom. The van der Waals surface area contributed by atoms with E-state index in [0.29, 0.717) is 35.3 Å². The van der Waals surface area contributed by atoms with Crippen LogP contribution in [0.3, 0.4) is 0 Å². The average Bonchev–Trinajstić information content (AvgIpc) is 3.54. The molecular formula is C29H36N4O4. The Kier molecular flexibility index (Phi) is 6.46. The number of rotatable bonds is 8. The summed E-state index contributed by atoms with van der Waals surface area (Å²) in [6.07, 6.45) is 4.37. The molecule has 1 atom stereocenters. The first-order valence-corrected chi connectivity index (χ1v) is 13.2. The van der Waals surface area contributed by atoms with Gasteiger partial charge in [0.2, 0.25) is 0 Å². The molecule has 5 rings (SSSR count). The molecule has 2 aliphatic heterocycles. The van der Waals surface area contributed by atoms with E-state index in [1.165, 1.54) is 0 Å². The Balaban J connectivity index is 1.46. The molecular weight excluding hydrogens is 468 g/mol. The number of aromatic nitrogens is 1. The third-order valence-electron chi connectivity index (χ3n) is 7.63. The second-order valence-corrected chi connectivity index (χ2v) is 11.6. The summed E-state index contributed by atoms with van der Waals surface area (Å²) in [4.78, 5) is 33.8. The van der Waals surface area contributed by atoms with Crippen LogP contribution in [0.5, 0.6) is 5.75 Å². The number of nitrogens with one attached hydrogen (secondary N) is 1. The van der Waals surface area contributed by atoms with Gasteiger partial charge in [-0.25, -0.2) is 9.78 Å². The van der Waals surface area contributed by atoms with Crippen LogP contribution in [0.1, 0.15) is 92.2 Å². The lowest BCUT2D eigenvalue weighted by Gasteiger charge is -2.31. The molecule has 37 heavy (non-hydrogen) atoms. The van der Waals surface area contributed by atoms with E-state index in [1.807, 2.05) is 39.0 Å². The van der Waals surface area contributed by atoms with E-state index in [2.05, 4.69) is 17.9 Å². The number of ketones is 1. The number of amidine groups is 1. The number of hydrogen-bond acceptors (Lipinski definition) is 6. The summed E-state index contributed by atoms with van der Waals surface area (Å²) in [6.45, 7) is 9.23. The average molecular weight is 505 g/mol. The number of benzene rings is 1. The van der Waals surface area contributed by atoms with E-state index in [0.717, 1.165) is 54.7 Å². The van der Waals surface area contributed by atoms with Crippen molar-refractivity contribution in [2.24, 2.45) is 0 Å². The van der Waals surface area contributed by atoms with Crippen LogP contribution < -0.4 is 9.64 Å². The van der Waals surface area contributed by atoms with E-state index in [4.69, 9.17) is 15.1 Å². The number of carboxylic acids is 1. The largest absolute Gasteiger partial charge is 0.479 e. The fourth-order valence-electron chi connectivity index (χ4n) is 5.40. The molecule has 1 aromatic carbocycles. The Labute approximate surface area is 218 Å². The van der Waals surface area contributed by atoms with Gasteiger partial charge in [0.15, 0.2) is 12.4 Å². The minimum Gasteiger partial charge on any atom is -0.479 e. The van der Waals surface area contributed by atoms with E-state index in [-0.39, 0.29) is 23.8 Å². The van der Waals surface area contributed by atoms with Crippen molar-refractivity contribution in [2.75, 3.05) is 24.6 Å². The van der Waals surface area contributed by atoms with Crippen molar-refractivity contribution in [1.29, 1.82) is 5.41 Å². The van der Waals surface area contributed by atoms with Crippen molar-refractivity contribution < 1.29 is 19.4 Å². The summed E-state index contributed by atoms with van der Waals surface area (Å²) in [5.74, 6) is 0.238. The molecule has 3 aliphatic rings. The maximum absolute atomic E-state index is 13.7. The molecule has 8 nitrogen and oxygen atoms in total. The summed E-state index contributed by atoms with van der Waals surface area (Å²) in [7, 11) is 0. The van der Waals surface area contributed by atoms with E-state index in [9.17, 15) is 14.7 Å². The number of carbonyl (C=O) groups excluding carboxylic acids is 1. The fraction of sp³-hybridized carbons (Fsp3) is 0.517. The number of hydrogen-bond donors (Lipinski definition) is 2. The Bertz CT molecular complexity index is 1260. The van der Waals surface area contributed by atoms with Crippen LogP contribution in [0.25, 0.3) is 0 Å². The summed E-state index contributed by atoms with van der Waals surface area (Å²) in [6, 6.07) is 8.07. The molecule has 0 spiro atoms. The number of aliphatic carboxylic acids is 1. The monoisotopic (exact) mass is 504 g/mol. The van der Waals surface area contributed by atoms with Gasteiger partial charge in [-0.3, -0.25) is 10.2 Å². The second-order valence-electron chi connectivity index (χ2n) is 11.6. The van der Waals surface area contributed by atoms with Crippen molar-refractivity contribution in [3.63, 3.8) is 0 Å². The Hall–Kier alpha value is -3.42. The van der Waals surface area contributed by atoms with Gasteiger partial charge in [-0.2, -0.15) is 0 Å². The van der Waals surface area contributed by atoms with Gasteiger partial charge in [0, 0.05) is 47.4 Å². The standard InChI is InChI=1S/C29H36N4O4/c1-17-6-5-11-33(17)23-13-20(12-21(29(2,3)4)27(23)37-16-25(35)36)24(34)15-32-14-19-9-10-22(18-7-8-18)31-26(19)28(32)30/h9-10,12-13,17-18,30H,5-8,11,14-16H2,1-4H3,(H,35,36). The van der Waals surface area contributed by atoms with Crippen LogP contribution in [-0.2, 0) is 16.8 Å². The number of ether oxygens (including phenoxy) is 1. The van der Waals surface area contributed by atoms with Crippen molar-refractivity contribution in [1.82, 2.24) is 9.88 Å². The molecule has 196 valence electrons.